The van der Waals surface area contributed by atoms with Gasteiger partial charge in [0.1, 0.15) is 0 Å². The van der Waals surface area contributed by atoms with Crippen LogP contribution in [0.2, 0.25) is 0 Å². The van der Waals surface area contributed by atoms with Gasteiger partial charge in [-0.1, -0.05) is 21.3 Å². The van der Waals surface area contributed by atoms with E-state index in [9.17, 15) is 4.79 Å². The van der Waals surface area contributed by atoms with Gasteiger partial charge in [-0.05, 0) is 18.6 Å². The summed E-state index contributed by atoms with van der Waals surface area (Å²) < 4.78 is 3.58. The molecule has 5 heteroatoms. The maximum absolute atomic E-state index is 9.94. The summed E-state index contributed by atoms with van der Waals surface area (Å²) in [5.74, 6) is 4.79. The van der Waals surface area contributed by atoms with Gasteiger partial charge in [0.25, 0.3) is 0 Å². The largest absolute Gasteiger partial charge is 0.284 e. The van der Waals surface area contributed by atoms with Crippen molar-refractivity contribution in [2.75, 3.05) is 7.05 Å². The fourth-order valence-electron chi connectivity index (χ4n) is 0. The topological polar surface area (TPSA) is 46.3 Å². The van der Waals surface area contributed by atoms with Crippen LogP contribution >= 0.6 is 35.4 Å². The second-order valence-electron chi connectivity index (χ2n) is 1.23. The molecule has 2 N–H and O–H groups in total. The van der Waals surface area contributed by atoms with E-state index in [2.05, 4.69) is 23.1 Å². The Kier molecular flexibility index (Phi) is 12.1. The minimum absolute atomic E-state index is 0.130. The first kappa shape index (κ1) is 12.4. The van der Waals surface area contributed by atoms with Crippen molar-refractivity contribution < 1.29 is 4.79 Å². The molecule has 0 radical (unpaired) electrons. The van der Waals surface area contributed by atoms with Crippen LogP contribution in [0.25, 0.3) is 0 Å². The Morgan fingerprint density at radius 2 is 2.00 bits per heavy atom. The lowest BCUT2D eigenvalue weighted by Crippen LogP contribution is -2.30. The predicted molar refractivity (Wildman–Crippen MR) is 57.8 cm³/mol. The van der Waals surface area contributed by atoms with E-state index in [1.54, 1.807) is 0 Å². The van der Waals surface area contributed by atoms with E-state index in [0.29, 0.717) is 16.8 Å². The van der Waals surface area contributed by atoms with Gasteiger partial charge in [0, 0.05) is 14.0 Å². The number of hydrogen-bond donors (Lipinski definition) is 1. The van der Waals surface area contributed by atoms with Gasteiger partial charge < -0.3 is 0 Å². The van der Waals surface area contributed by atoms with Gasteiger partial charge in [-0.15, -0.1) is 0 Å². The smallest absolute Gasteiger partial charge is 0.233 e. The highest BCUT2D eigenvalue weighted by atomic mass is 128. The zero-order valence-corrected chi connectivity index (χ0v) is 9.71. The van der Waals surface area contributed by atoms with Crippen molar-refractivity contribution in [3.63, 3.8) is 0 Å². The van der Waals surface area contributed by atoms with Gasteiger partial charge in [-0.25, -0.2) is 5.84 Å². The molecule has 0 spiro atoms. The molecule has 9 heavy (non-hydrogen) atoms. The highest BCUT2D eigenvalue weighted by Gasteiger charge is 1.88. The monoisotopic (exact) mass is 356 g/mol. The number of hydrogen-bond acceptors (Lipinski definition) is 2. The molecule has 0 aromatic heterocycles. The molecule has 56 valence electrons. The summed E-state index contributed by atoms with van der Waals surface area (Å²) in [6.45, 7) is 1.40. The quantitative estimate of drug-likeness (QED) is 0.306. The molecule has 0 heterocycles. The van der Waals surface area contributed by atoms with Crippen LogP contribution in [-0.2, 0) is 4.79 Å². The molecular formula is C4H10I2N2O. The maximum Gasteiger partial charge on any atom is 0.233 e. The van der Waals surface area contributed by atoms with Crippen molar-refractivity contribution >= 4 is 45.8 Å². The first-order chi connectivity index (χ1) is 4.06. The summed E-state index contributed by atoms with van der Waals surface area (Å²) in [5.41, 5.74) is 0. The first-order valence-electron chi connectivity index (χ1n) is 2.04. The van der Waals surface area contributed by atoms with Crippen LogP contribution in [0, 0.1) is 0 Å². The van der Waals surface area contributed by atoms with E-state index in [-0.39, 0.29) is 5.91 Å². The van der Waals surface area contributed by atoms with Gasteiger partial charge >= 0.3 is 0 Å². The molecule has 3 nitrogen and oxygen atoms in total. The van der Waals surface area contributed by atoms with Crippen LogP contribution in [0.4, 0.5) is 0 Å². The molecule has 0 fully saturated rings. The second kappa shape index (κ2) is 8.76. The van der Waals surface area contributed by atoms with Gasteiger partial charge in [0.2, 0.25) is 5.91 Å². The zero-order valence-electron chi connectivity index (χ0n) is 5.40. The standard InChI is InChI=1S/C3H8N2O.CH2I2/c1-3(6)5(2)4;1-3-2/h4H2,1-2H3;1H2. The lowest BCUT2D eigenvalue weighted by atomic mass is 10.7. The summed E-state index contributed by atoms with van der Waals surface area (Å²) in [5, 5.41) is 1.03. The molecular weight excluding hydrogens is 346 g/mol. The Balaban J connectivity index is 0. The van der Waals surface area contributed by atoms with Crippen LogP contribution in [0.1, 0.15) is 6.92 Å². The Morgan fingerprint density at radius 3 is 2.00 bits per heavy atom. The molecule has 0 aromatic carbocycles. The van der Waals surface area contributed by atoms with Crippen molar-refractivity contribution in [2.24, 2.45) is 5.84 Å². The average molecular weight is 356 g/mol. The number of halogens is 2. The predicted octanol–water partition coefficient (Wildman–Crippen LogP) is 1.08. The van der Waals surface area contributed by atoms with Gasteiger partial charge in [-0.3, -0.25) is 9.80 Å². The fraction of sp³-hybridized carbons (Fsp3) is 0.500. The minimum atomic E-state index is -0.130. The Labute approximate surface area is 74.9 Å². The fourth-order valence-corrected chi connectivity index (χ4v) is 0. The van der Waals surface area contributed by atoms with Crippen molar-refractivity contribution in [2.45, 2.75) is 6.92 Å². The van der Waals surface area contributed by atoms with Gasteiger partial charge in [0.05, 0.1) is 0 Å². The Morgan fingerprint density at radius 1 is 1.89 bits per heavy atom. The Hall–Kier alpha value is 0.760. The third-order valence-corrected chi connectivity index (χ3v) is 0.497. The molecule has 0 rings (SSSR count). The zero-order chi connectivity index (χ0) is 7.86. The van der Waals surface area contributed by atoms with Crippen LogP contribution in [0.15, 0.2) is 0 Å². The van der Waals surface area contributed by atoms with E-state index in [4.69, 9.17) is 5.84 Å². The van der Waals surface area contributed by atoms with E-state index in [1.165, 1.54) is 14.0 Å². The molecule has 0 unspecified atom stereocenters. The number of carbonyl (C=O) groups excluding carboxylic acids is 1. The summed E-state index contributed by atoms with van der Waals surface area (Å²) in [6, 6.07) is 0. The van der Waals surface area contributed by atoms with Crippen LogP contribution in [-0.4, -0.2) is 22.5 Å². The van der Waals surface area contributed by atoms with Gasteiger partial charge in [0.15, 0.2) is 0 Å². The van der Waals surface area contributed by atoms with E-state index in [1.807, 2.05) is 0 Å². The van der Waals surface area contributed by atoms with Crippen molar-refractivity contribution in [3.8, 4) is 0 Å². The minimum Gasteiger partial charge on any atom is -0.284 e. The van der Waals surface area contributed by atoms with E-state index < -0.39 is 0 Å². The molecule has 0 aliphatic rings. The highest BCUT2D eigenvalue weighted by molar-refractivity contribution is 15.0. The van der Waals surface area contributed by atoms with Crippen LogP contribution in [0.3, 0.4) is 0 Å². The summed E-state index contributed by atoms with van der Waals surface area (Å²) in [4.78, 5) is 9.94. The van der Waals surface area contributed by atoms with Crippen molar-refractivity contribution in [1.29, 1.82) is 0 Å². The highest BCUT2D eigenvalue weighted by Crippen LogP contribution is 2.00. The number of nitrogens with zero attached hydrogens (tertiary/aromatic N) is 1. The van der Waals surface area contributed by atoms with E-state index >= 15 is 0 Å². The third kappa shape index (κ3) is 17.7. The third-order valence-electron chi connectivity index (χ3n) is 0.497. The van der Waals surface area contributed by atoms with Crippen molar-refractivity contribution in [3.05, 3.63) is 0 Å². The molecule has 0 saturated carbocycles. The lowest BCUT2D eigenvalue weighted by Gasteiger charge is -2.02. The number of rotatable bonds is 0. The summed E-state index contributed by atoms with van der Waals surface area (Å²) in [7, 11) is 1.50. The van der Waals surface area contributed by atoms with Gasteiger partial charge in [-0.2, -0.15) is 0 Å². The SMILES string of the molecule is C=II.CC(=O)N(C)N. The van der Waals surface area contributed by atoms with E-state index in [0.717, 1.165) is 5.01 Å². The molecule has 0 aliphatic carbocycles. The summed E-state index contributed by atoms with van der Waals surface area (Å²) >= 11 is 2.60. The normalized spacial score (nSPS) is 7.11. The number of amides is 1. The average Bonchev–Trinajstić information content (AvgIpc) is 1.68. The first-order valence-corrected chi connectivity index (χ1v) is 9.85. The number of nitrogens with two attached hydrogens (primary N) is 1. The molecule has 0 atom stereocenters. The number of carbonyl (C=O) groups is 1. The lowest BCUT2D eigenvalue weighted by molar-refractivity contribution is -0.127. The molecule has 0 aliphatic heterocycles. The molecule has 0 bridgehead atoms. The molecule has 1 amide bonds. The molecule has 0 aromatic rings. The maximum atomic E-state index is 9.94. The Bertz CT molecular complexity index is 94.6. The van der Waals surface area contributed by atoms with Crippen molar-refractivity contribution in [1.82, 2.24) is 5.01 Å². The summed E-state index contributed by atoms with van der Waals surface area (Å²) in [6.07, 6.45) is 0. The van der Waals surface area contributed by atoms with Crippen LogP contribution < -0.4 is 5.84 Å². The second-order valence-corrected chi connectivity index (χ2v) is 5.68. The molecule has 0 saturated heterocycles. The number of hydrazine groups is 1. The van der Waals surface area contributed by atoms with Crippen LogP contribution in [0.5, 0.6) is 0 Å².